The zero-order chi connectivity index (χ0) is 20.4. The normalized spacial score (nSPS) is 15.9. The molecule has 1 aliphatic heterocycles. The number of hydrogen-bond donors (Lipinski definition) is 3. The van der Waals surface area contributed by atoms with Crippen molar-refractivity contribution in [3.63, 3.8) is 0 Å². The van der Waals surface area contributed by atoms with Crippen LogP contribution in [-0.2, 0) is 16.0 Å². The SMILES string of the molecule is O=C1CC(Cc2ccc(C(=O)Nc3ccc(-n4nn[nH]c4=O)cc3)cc2)C(=O)N1. The molecule has 1 unspecified atom stereocenters. The maximum Gasteiger partial charge on any atom is 0.365 e. The van der Waals surface area contributed by atoms with Gasteiger partial charge < -0.3 is 5.32 Å². The number of aromatic nitrogens is 4. The number of benzene rings is 2. The highest BCUT2D eigenvalue weighted by molar-refractivity contribution is 6.04. The third-order valence-electron chi connectivity index (χ3n) is 4.61. The standard InChI is InChI=1S/C19H16N6O4/c26-16-10-13(18(28)21-16)9-11-1-3-12(4-2-11)17(27)20-14-5-7-15(8-6-14)25-19(29)22-23-24-25/h1-8,13H,9-10H2,(H,20,27)(H,21,26,28)(H,22,24,29). The molecule has 1 aromatic heterocycles. The molecule has 0 spiro atoms. The molecule has 3 N–H and O–H groups in total. The van der Waals surface area contributed by atoms with Crippen LogP contribution in [0.2, 0.25) is 0 Å². The first-order chi connectivity index (χ1) is 14.0. The minimum Gasteiger partial charge on any atom is -0.322 e. The fraction of sp³-hybridized carbons (Fsp3) is 0.158. The first kappa shape index (κ1) is 18.3. The fourth-order valence-electron chi connectivity index (χ4n) is 3.10. The Bertz CT molecular complexity index is 1130. The van der Waals surface area contributed by atoms with Crippen molar-refractivity contribution in [1.82, 2.24) is 25.5 Å². The van der Waals surface area contributed by atoms with Gasteiger partial charge in [-0.15, -0.1) is 0 Å². The lowest BCUT2D eigenvalue weighted by atomic mass is 9.97. The molecule has 1 fully saturated rings. The largest absolute Gasteiger partial charge is 0.365 e. The van der Waals surface area contributed by atoms with Crippen molar-refractivity contribution in [3.8, 4) is 5.69 Å². The number of nitrogens with zero attached hydrogens (tertiary/aromatic N) is 3. The number of carbonyl (C=O) groups is 3. The predicted octanol–water partition coefficient (Wildman–Crippen LogP) is 0.413. The molecule has 0 radical (unpaired) electrons. The summed E-state index contributed by atoms with van der Waals surface area (Å²) in [5.74, 6) is -1.17. The molecule has 1 aliphatic rings. The molecule has 29 heavy (non-hydrogen) atoms. The Balaban J connectivity index is 1.39. The van der Waals surface area contributed by atoms with E-state index in [-0.39, 0.29) is 30.1 Å². The number of anilines is 1. The number of H-pyrrole nitrogens is 1. The second kappa shape index (κ2) is 7.50. The Hall–Kier alpha value is -4.08. The molecule has 2 heterocycles. The van der Waals surface area contributed by atoms with Gasteiger partial charge in [-0.1, -0.05) is 12.1 Å². The van der Waals surface area contributed by atoms with E-state index in [1.807, 2.05) is 0 Å². The van der Waals surface area contributed by atoms with Gasteiger partial charge in [0.15, 0.2) is 0 Å². The van der Waals surface area contributed by atoms with Crippen LogP contribution < -0.4 is 16.3 Å². The van der Waals surface area contributed by atoms with E-state index < -0.39 is 5.69 Å². The highest BCUT2D eigenvalue weighted by atomic mass is 16.2. The van der Waals surface area contributed by atoms with Crippen LogP contribution in [0.4, 0.5) is 5.69 Å². The number of hydrogen-bond acceptors (Lipinski definition) is 6. The summed E-state index contributed by atoms with van der Waals surface area (Å²) in [4.78, 5) is 46.9. The fourth-order valence-corrected chi connectivity index (χ4v) is 3.10. The molecule has 146 valence electrons. The van der Waals surface area contributed by atoms with Crippen LogP contribution in [0.25, 0.3) is 5.69 Å². The maximum atomic E-state index is 12.4. The topological polar surface area (TPSA) is 139 Å². The molecule has 4 rings (SSSR count). The lowest BCUT2D eigenvalue weighted by Crippen LogP contribution is -2.22. The van der Waals surface area contributed by atoms with Crippen molar-refractivity contribution in [2.24, 2.45) is 5.92 Å². The summed E-state index contributed by atoms with van der Waals surface area (Å²) in [6.07, 6.45) is 0.639. The summed E-state index contributed by atoms with van der Waals surface area (Å²) in [7, 11) is 0. The molecule has 3 amide bonds. The van der Waals surface area contributed by atoms with Crippen LogP contribution in [0.5, 0.6) is 0 Å². The van der Waals surface area contributed by atoms with Gasteiger partial charge >= 0.3 is 5.69 Å². The number of imide groups is 1. The van der Waals surface area contributed by atoms with Crippen molar-refractivity contribution >= 4 is 23.4 Å². The molecule has 1 atom stereocenters. The van der Waals surface area contributed by atoms with E-state index in [2.05, 4.69) is 26.2 Å². The third-order valence-corrected chi connectivity index (χ3v) is 4.61. The monoisotopic (exact) mass is 392 g/mol. The van der Waals surface area contributed by atoms with Gasteiger partial charge in [-0.2, -0.15) is 4.68 Å². The summed E-state index contributed by atoms with van der Waals surface area (Å²) in [5.41, 5.74) is 1.94. The van der Waals surface area contributed by atoms with Gasteiger partial charge in [0.2, 0.25) is 11.8 Å². The van der Waals surface area contributed by atoms with E-state index in [4.69, 9.17) is 0 Å². The number of amides is 3. The molecule has 2 aromatic carbocycles. The number of carbonyl (C=O) groups excluding carboxylic acids is 3. The highest BCUT2D eigenvalue weighted by Crippen LogP contribution is 2.18. The van der Waals surface area contributed by atoms with Gasteiger partial charge in [-0.05, 0) is 58.8 Å². The Morgan fingerprint density at radius 1 is 1.07 bits per heavy atom. The zero-order valence-electron chi connectivity index (χ0n) is 15.1. The van der Waals surface area contributed by atoms with E-state index >= 15 is 0 Å². The van der Waals surface area contributed by atoms with Crippen LogP contribution >= 0.6 is 0 Å². The predicted molar refractivity (Wildman–Crippen MR) is 101 cm³/mol. The Morgan fingerprint density at radius 2 is 1.79 bits per heavy atom. The molecular weight excluding hydrogens is 376 g/mol. The Morgan fingerprint density at radius 3 is 2.38 bits per heavy atom. The lowest BCUT2D eigenvalue weighted by Gasteiger charge is -2.08. The molecule has 0 saturated carbocycles. The van der Waals surface area contributed by atoms with Crippen molar-refractivity contribution in [2.45, 2.75) is 12.8 Å². The van der Waals surface area contributed by atoms with Gasteiger partial charge in [-0.3, -0.25) is 19.7 Å². The minimum atomic E-state index is -0.457. The van der Waals surface area contributed by atoms with E-state index in [1.165, 1.54) is 0 Å². The first-order valence-corrected chi connectivity index (χ1v) is 8.84. The van der Waals surface area contributed by atoms with Crippen LogP contribution in [0.1, 0.15) is 22.3 Å². The average Bonchev–Trinajstić information content (AvgIpc) is 3.27. The van der Waals surface area contributed by atoms with Crippen LogP contribution in [-0.4, -0.2) is 37.9 Å². The quantitative estimate of drug-likeness (QED) is 0.538. The molecule has 10 nitrogen and oxygen atoms in total. The minimum absolute atomic E-state index is 0.192. The molecular formula is C19H16N6O4. The van der Waals surface area contributed by atoms with Crippen LogP contribution in [0.15, 0.2) is 53.3 Å². The average molecular weight is 392 g/mol. The Kier molecular flexibility index (Phi) is 4.73. The van der Waals surface area contributed by atoms with E-state index in [1.54, 1.807) is 48.5 Å². The molecule has 3 aromatic rings. The third kappa shape index (κ3) is 3.95. The lowest BCUT2D eigenvalue weighted by molar-refractivity contribution is -0.125. The molecule has 0 bridgehead atoms. The van der Waals surface area contributed by atoms with Crippen LogP contribution in [0, 0.1) is 5.92 Å². The first-order valence-electron chi connectivity index (χ1n) is 8.84. The van der Waals surface area contributed by atoms with E-state index in [0.29, 0.717) is 23.4 Å². The smallest absolute Gasteiger partial charge is 0.322 e. The Labute approximate surface area is 163 Å². The molecule has 10 heteroatoms. The van der Waals surface area contributed by atoms with E-state index in [0.717, 1.165) is 10.2 Å². The number of nitrogens with one attached hydrogen (secondary N) is 3. The number of rotatable bonds is 5. The van der Waals surface area contributed by atoms with Crippen molar-refractivity contribution in [3.05, 3.63) is 70.1 Å². The van der Waals surface area contributed by atoms with Gasteiger partial charge in [0.05, 0.1) is 11.6 Å². The second-order valence-electron chi connectivity index (χ2n) is 6.63. The maximum absolute atomic E-state index is 12.4. The summed E-state index contributed by atoms with van der Waals surface area (Å²) in [5, 5.41) is 14.3. The van der Waals surface area contributed by atoms with Crippen molar-refractivity contribution in [2.75, 3.05) is 5.32 Å². The summed E-state index contributed by atoms with van der Waals surface area (Å²) in [6, 6.07) is 13.4. The van der Waals surface area contributed by atoms with Gasteiger partial charge in [0.25, 0.3) is 5.91 Å². The molecule has 1 saturated heterocycles. The second-order valence-corrected chi connectivity index (χ2v) is 6.63. The van der Waals surface area contributed by atoms with E-state index in [9.17, 15) is 19.2 Å². The van der Waals surface area contributed by atoms with Gasteiger partial charge in [-0.25, -0.2) is 9.89 Å². The van der Waals surface area contributed by atoms with Crippen molar-refractivity contribution < 1.29 is 14.4 Å². The van der Waals surface area contributed by atoms with Gasteiger partial charge in [0, 0.05) is 17.7 Å². The van der Waals surface area contributed by atoms with Crippen molar-refractivity contribution in [1.29, 1.82) is 0 Å². The summed E-state index contributed by atoms with van der Waals surface area (Å²) < 4.78 is 1.10. The van der Waals surface area contributed by atoms with Gasteiger partial charge in [0.1, 0.15) is 0 Å². The van der Waals surface area contributed by atoms with Crippen LogP contribution in [0.3, 0.4) is 0 Å². The summed E-state index contributed by atoms with van der Waals surface area (Å²) in [6.45, 7) is 0. The molecule has 0 aliphatic carbocycles. The summed E-state index contributed by atoms with van der Waals surface area (Å²) >= 11 is 0. The highest BCUT2D eigenvalue weighted by Gasteiger charge is 2.30. The number of tetrazole rings is 1. The number of aromatic amines is 1. The zero-order valence-corrected chi connectivity index (χ0v) is 15.1.